The molecule has 2 N–H and O–H groups in total. The SMILES string of the molecule is CCNC(=NCc1cccc(C#N)c1)NC1CCCCC1.I. The Bertz CT molecular complexity index is 516. The molecule has 0 unspecified atom stereocenters. The molecule has 0 aliphatic heterocycles. The first-order valence-electron chi connectivity index (χ1n) is 7.85. The lowest BCUT2D eigenvalue weighted by Gasteiger charge is -2.24. The first-order chi connectivity index (χ1) is 10.3. The standard InChI is InChI=1S/C17H24N4.HI/c1-2-19-17(21-16-9-4-3-5-10-16)20-13-15-8-6-7-14(11-15)12-18;/h6-8,11,16H,2-5,9-10,13H2,1H3,(H2,19,20,21);1H. The zero-order valence-corrected chi connectivity index (χ0v) is 15.5. The summed E-state index contributed by atoms with van der Waals surface area (Å²) in [5.41, 5.74) is 1.75. The van der Waals surface area contributed by atoms with Gasteiger partial charge in [-0.3, -0.25) is 0 Å². The molecule has 0 spiro atoms. The second-order valence-electron chi connectivity index (χ2n) is 5.49. The van der Waals surface area contributed by atoms with E-state index < -0.39 is 0 Å². The lowest BCUT2D eigenvalue weighted by molar-refractivity contribution is 0.410. The summed E-state index contributed by atoms with van der Waals surface area (Å²) in [5.74, 6) is 0.881. The molecular formula is C17H25IN4. The molecule has 0 radical (unpaired) electrons. The summed E-state index contributed by atoms with van der Waals surface area (Å²) in [6.07, 6.45) is 6.43. The first kappa shape index (κ1) is 18.8. The average Bonchev–Trinajstić information content (AvgIpc) is 2.54. The summed E-state index contributed by atoms with van der Waals surface area (Å²) in [6, 6.07) is 10.3. The number of hydrogen-bond acceptors (Lipinski definition) is 2. The largest absolute Gasteiger partial charge is 0.357 e. The predicted molar refractivity (Wildman–Crippen MR) is 101 cm³/mol. The van der Waals surface area contributed by atoms with Gasteiger partial charge in [-0.2, -0.15) is 5.26 Å². The Kier molecular flexibility index (Phi) is 8.90. The van der Waals surface area contributed by atoms with Crippen LogP contribution in [0.15, 0.2) is 29.3 Å². The van der Waals surface area contributed by atoms with Crippen molar-refractivity contribution in [3.05, 3.63) is 35.4 Å². The Labute approximate surface area is 150 Å². The third-order valence-corrected chi connectivity index (χ3v) is 3.77. The maximum absolute atomic E-state index is 8.93. The summed E-state index contributed by atoms with van der Waals surface area (Å²) in [6.45, 7) is 3.53. The van der Waals surface area contributed by atoms with Crippen LogP contribution in [0.5, 0.6) is 0 Å². The molecule has 1 aliphatic rings. The average molecular weight is 412 g/mol. The predicted octanol–water partition coefficient (Wildman–Crippen LogP) is 3.56. The van der Waals surface area contributed by atoms with Crippen LogP contribution in [0.4, 0.5) is 0 Å². The normalized spacial score (nSPS) is 15.5. The Hall–Kier alpha value is -1.29. The Balaban J connectivity index is 0.00000242. The molecule has 0 bridgehead atoms. The molecule has 0 aromatic heterocycles. The van der Waals surface area contributed by atoms with E-state index in [1.165, 1.54) is 32.1 Å². The van der Waals surface area contributed by atoms with Crippen molar-refractivity contribution in [3.63, 3.8) is 0 Å². The van der Waals surface area contributed by atoms with Crippen molar-refractivity contribution in [3.8, 4) is 6.07 Å². The van der Waals surface area contributed by atoms with Crippen LogP contribution in [0.1, 0.15) is 50.2 Å². The molecule has 0 atom stereocenters. The monoisotopic (exact) mass is 412 g/mol. The van der Waals surface area contributed by atoms with Gasteiger partial charge in [-0.1, -0.05) is 31.4 Å². The Morgan fingerprint density at radius 2 is 2.09 bits per heavy atom. The van der Waals surface area contributed by atoms with Crippen molar-refractivity contribution < 1.29 is 0 Å². The molecule has 5 heteroatoms. The van der Waals surface area contributed by atoms with E-state index >= 15 is 0 Å². The summed E-state index contributed by atoms with van der Waals surface area (Å²) < 4.78 is 0. The number of nitrogens with zero attached hydrogens (tertiary/aromatic N) is 2. The first-order valence-corrected chi connectivity index (χ1v) is 7.85. The van der Waals surface area contributed by atoms with Gasteiger partial charge in [-0.25, -0.2) is 4.99 Å². The van der Waals surface area contributed by atoms with Crippen molar-refractivity contribution in [2.45, 2.75) is 51.6 Å². The van der Waals surface area contributed by atoms with E-state index in [4.69, 9.17) is 5.26 Å². The van der Waals surface area contributed by atoms with Crippen molar-refractivity contribution >= 4 is 29.9 Å². The smallest absolute Gasteiger partial charge is 0.191 e. The fraction of sp³-hybridized carbons (Fsp3) is 0.529. The van der Waals surface area contributed by atoms with Gasteiger partial charge in [0.15, 0.2) is 5.96 Å². The van der Waals surface area contributed by atoms with Crippen LogP contribution in [-0.4, -0.2) is 18.5 Å². The second-order valence-corrected chi connectivity index (χ2v) is 5.49. The number of hydrogen-bond donors (Lipinski definition) is 2. The van der Waals surface area contributed by atoms with Gasteiger partial charge in [0.05, 0.1) is 18.2 Å². The van der Waals surface area contributed by atoms with Crippen LogP contribution in [-0.2, 0) is 6.54 Å². The van der Waals surface area contributed by atoms with Crippen LogP contribution >= 0.6 is 24.0 Å². The fourth-order valence-corrected chi connectivity index (χ4v) is 2.67. The van der Waals surface area contributed by atoms with Crippen molar-refractivity contribution in [2.75, 3.05) is 6.54 Å². The van der Waals surface area contributed by atoms with E-state index in [0.29, 0.717) is 18.2 Å². The van der Waals surface area contributed by atoms with Crippen LogP contribution in [0.2, 0.25) is 0 Å². The third kappa shape index (κ3) is 6.22. The highest BCUT2D eigenvalue weighted by molar-refractivity contribution is 14.0. The molecule has 1 saturated carbocycles. The van der Waals surface area contributed by atoms with Crippen LogP contribution < -0.4 is 10.6 Å². The maximum atomic E-state index is 8.93. The molecule has 120 valence electrons. The number of halogens is 1. The molecule has 1 aromatic rings. The van der Waals surface area contributed by atoms with E-state index in [2.05, 4.69) is 28.6 Å². The summed E-state index contributed by atoms with van der Waals surface area (Å²) in [4.78, 5) is 4.64. The Morgan fingerprint density at radius 3 is 2.77 bits per heavy atom. The van der Waals surface area contributed by atoms with Gasteiger partial charge in [-0.05, 0) is 37.5 Å². The zero-order chi connectivity index (χ0) is 14.9. The summed E-state index contributed by atoms with van der Waals surface area (Å²) >= 11 is 0. The van der Waals surface area contributed by atoms with E-state index in [0.717, 1.165) is 18.1 Å². The minimum atomic E-state index is 0. The molecule has 0 heterocycles. The number of guanidine groups is 1. The van der Waals surface area contributed by atoms with Crippen LogP contribution in [0.3, 0.4) is 0 Å². The van der Waals surface area contributed by atoms with Gasteiger partial charge in [0.25, 0.3) is 0 Å². The van der Waals surface area contributed by atoms with Crippen molar-refractivity contribution in [2.24, 2.45) is 4.99 Å². The quantitative estimate of drug-likeness (QED) is 0.452. The molecule has 1 aliphatic carbocycles. The van der Waals surface area contributed by atoms with E-state index in [9.17, 15) is 0 Å². The third-order valence-electron chi connectivity index (χ3n) is 3.77. The molecule has 0 saturated heterocycles. The van der Waals surface area contributed by atoms with Gasteiger partial charge in [-0.15, -0.1) is 24.0 Å². The number of rotatable bonds is 4. The number of benzene rings is 1. The topological polar surface area (TPSA) is 60.2 Å². The number of nitriles is 1. The van der Waals surface area contributed by atoms with Gasteiger partial charge < -0.3 is 10.6 Å². The lowest BCUT2D eigenvalue weighted by Crippen LogP contribution is -2.44. The van der Waals surface area contributed by atoms with Crippen molar-refractivity contribution in [1.82, 2.24) is 10.6 Å². The van der Waals surface area contributed by atoms with Crippen LogP contribution in [0.25, 0.3) is 0 Å². The van der Waals surface area contributed by atoms with E-state index in [-0.39, 0.29) is 24.0 Å². The van der Waals surface area contributed by atoms with Gasteiger partial charge in [0.2, 0.25) is 0 Å². The highest BCUT2D eigenvalue weighted by atomic mass is 127. The highest BCUT2D eigenvalue weighted by Gasteiger charge is 2.14. The molecule has 2 rings (SSSR count). The van der Waals surface area contributed by atoms with E-state index in [1.807, 2.05) is 24.3 Å². The lowest BCUT2D eigenvalue weighted by atomic mass is 9.96. The number of nitrogens with one attached hydrogen (secondary N) is 2. The van der Waals surface area contributed by atoms with Gasteiger partial charge >= 0.3 is 0 Å². The molecule has 0 amide bonds. The molecule has 1 aromatic carbocycles. The minimum Gasteiger partial charge on any atom is -0.357 e. The fourth-order valence-electron chi connectivity index (χ4n) is 2.67. The minimum absolute atomic E-state index is 0. The van der Waals surface area contributed by atoms with Gasteiger partial charge in [0, 0.05) is 12.6 Å². The Morgan fingerprint density at radius 1 is 1.32 bits per heavy atom. The van der Waals surface area contributed by atoms with E-state index in [1.54, 1.807) is 0 Å². The summed E-state index contributed by atoms with van der Waals surface area (Å²) in [5, 5.41) is 15.8. The molecular weight excluding hydrogens is 387 g/mol. The van der Waals surface area contributed by atoms with Gasteiger partial charge in [0.1, 0.15) is 0 Å². The molecule has 1 fully saturated rings. The second kappa shape index (κ2) is 10.4. The maximum Gasteiger partial charge on any atom is 0.191 e. The molecule has 4 nitrogen and oxygen atoms in total. The van der Waals surface area contributed by atoms with Crippen molar-refractivity contribution in [1.29, 1.82) is 5.26 Å². The zero-order valence-electron chi connectivity index (χ0n) is 13.1. The van der Waals surface area contributed by atoms with Crippen LogP contribution in [0, 0.1) is 11.3 Å². The summed E-state index contributed by atoms with van der Waals surface area (Å²) in [7, 11) is 0. The number of aliphatic imine (C=N–C) groups is 1. The molecule has 22 heavy (non-hydrogen) atoms. The highest BCUT2D eigenvalue weighted by Crippen LogP contribution is 2.17.